The number of benzene rings is 1. The lowest BCUT2D eigenvalue weighted by molar-refractivity contribution is 0.236. The maximum Gasteiger partial charge on any atom is 0.315 e. The van der Waals surface area contributed by atoms with Crippen LogP contribution in [0.5, 0.6) is 0 Å². The number of thiophene rings is 1. The van der Waals surface area contributed by atoms with Crippen molar-refractivity contribution in [1.29, 1.82) is 0 Å². The molecule has 3 nitrogen and oxygen atoms in total. The van der Waals surface area contributed by atoms with E-state index in [0.717, 1.165) is 19.3 Å². The summed E-state index contributed by atoms with van der Waals surface area (Å²) in [6, 6.07) is 8.62. The molecule has 2 rings (SSSR count). The minimum Gasteiger partial charge on any atom is -0.338 e. The summed E-state index contributed by atoms with van der Waals surface area (Å²) < 4.78 is 1.31. The standard InChI is InChI=1S/C16H22N2OS/c1-3-13(4-2)18-16(19)17-10-9-12-11-20-15-8-6-5-7-14(12)15/h5-8,11,13H,3-4,9-10H2,1-2H3,(H2,17,18,19). The zero-order valence-electron chi connectivity index (χ0n) is 12.1. The Morgan fingerprint density at radius 2 is 2.00 bits per heavy atom. The van der Waals surface area contributed by atoms with E-state index >= 15 is 0 Å². The van der Waals surface area contributed by atoms with Crippen molar-refractivity contribution >= 4 is 27.5 Å². The lowest BCUT2D eigenvalue weighted by Gasteiger charge is -2.15. The van der Waals surface area contributed by atoms with E-state index in [1.54, 1.807) is 11.3 Å². The van der Waals surface area contributed by atoms with Gasteiger partial charge in [0.2, 0.25) is 0 Å². The molecule has 2 N–H and O–H groups in total. The van der Waals surface area contributed by atoms with E-state index in [4.69, 9.17) is 0 Å². The lowest BCUT2D eigenvalue weighted by atomic mass is 10.1. The van der Waals surface area contributed by atoms with Gasteiger partial charge in [-0.2, -0.15) is 0 Å². The first-order valence-electron chi connectivity index (χ1n) is 7.24. The van der Waals surface area contributed by atoms with Gasteiger partial charge in [-0.15, -0.1) is 11.3 Å². The van der Waals surface area contributed by atoms with Crippen molar-refractivity contribution < 1.29 is 4.79 Å². The molecular weight excluding hydrogens is 268 g/mol. The minimum absolute atomic E-state index is 0.0572. The van der Waals surface area contributed by atoms with Gasteiger partial charge in [0.1, 0.15) is 0 Å². The molecule has 0 aliphatic heterocycles. The predicted octanol–water partition coefficient (Wildman–Crippen LogP) is 3.93. The highest BCUT2D eigenvalue weighted by atomic mass is 32.1. The number of urea groups is 1. The van der Waals surface area contributed by atoms with Crippen LogP contribution >= 0.6 is 11.3 Å². The fraction of sp³-hybridized carbons (Fsp3) is 0.438. The van der Waals surface area contributed by atoms with Crippen molar-refractivity contribution in [3.63, 3.8) is 0 Å². The summed E-state index contributed by atoms with van der Waals surface area (Å²) in [5, 5.41) is 9.42. The summed E-state index contributed by atoms with van der Waals surface area (Å²) in [5.74, 6) is 0. The van der Waals surface area contributed by atoms with Crippen molar-refractivity contribution in [3.8, 4) is 0 Å². The average molecular weight is 290 g/mol. The Labute approximate surface area is 124 Å². The molecule has 20 heavy (non-hydrogen) atoms. The topological polar surface area (TPSA) is 41.1 Å². The third kappa shape index (κ3) is 3.73. The highest BCUT2D eigenvalue weighted by Crippen LogP contribution is 2.25. The van der Waals surface area contributed by atoms with E-state index in [2.05, 4.69) is 54.1 Å². The molecule has 0 radical (unpaired) electrons. The first-order valence-corrected chi connectivity index (χ1v) is 8.12. The van der Waals surface area contributed by atoms with Crippen LogP contribution in [0.25, 0.3) is 10.1 Å². The van der Waals surface area contributed by atoms with E-state index in [1.165, 1.54) is 15.6 Å². The van der Waals surface area contributed by atoms with Crippen LogP contribution in [-0.2, 0) is 6.42 Å². The molecule has 0 atom stereocenters. The molecule has 0 aliphatic carbocycles. The molecule has 1 aromatic heterocycles. The lowest BCUT2D eigenvalue weighted by Crippen LogP contribution is -2.42. The van der Waals surface area contributed by atoms with Crippen LogP contribution < -0.4 is 10.6 Å². The zero-order valence-corrected chi connectivity index (χ0v) is 12.9. The van der Waals surface area contributed by atoms with Gasteiger partial charge in [0.05, 0.1) is 0 Å². The average Bonchev–Trinajstić information content (AvgIpc) is 2.88. The van der Waals surface area contributed by atoms with E-state index < -0.39 is 0 Å². The van der Waals surface area contributed by atoms with E-state index in [1.807, 2.05) is 0 Å². The highest BCUT2D eigenvalue weighted by molar-refractivity contribution is 7.17. The van der Waals surface area contributed by atoms with Crippen LogP contribution in [0.4, 0.5) is 4.79 Å². The van der Waals surface area contributed by atoms with Gasteiger partial charge in [0, 0.05) is 17.3 Å². The summed E-state index contributed by atoms with van der Waals surface area (Å²) in [6.45, 7) is 4.85. The first-order chi connectivity index (χ1) is 9.74. The maximum absolute atomic E-state index is 11.7. The molecule has 0 saturated heterocycles. The fourth-order valence-corrected chi connectivity index (χ4v) is 3.26. The molecule has 4 heteroatoms. The molecule has 1 heterocycles. The molecule has 0 fully saturated rings. The third-order valence-electron chi connectivity index (χ3n) is 3.56. The molecule has 0 bridgehead atoms. The van der Waals surface area contributed by atoms with Gasteiger partial charge in [0.25, 0.3) is 0 Å². The highest BCUT2D eigenvalue weighted by Gasteiger charge is 2.08. The smallest absolute Gasteiger partial charge is 0.315 e. The van der Waals surface area contributed by atoms with Crippen LogP contribution in [0.3, 0.4) is 0 Å². The SMILES string of the molecule is CCC(CC)NC(=O)NCCc1csc2ccccc12. The second-order valence-corrected chi connectivity index (χ2v) is 5.83. The Hall–Kier alpha value is -1.55. The summed E-state index contributed by atoms with van der Waals surface area (Å²) in [4.78, 5) is 11.7. The quantitative estimate of drug-likeness (QED) is 0.831. The molecule has 0 saturated carbocycles. The van der Waals surface area contributed by atoms with Crippen molar-refractivity contribution in [2.75, 3.05) is 6.54 Å². The molecule has 108 valence electrons. The monoisotopic (exact) mass is 290 g/mol. The number of hydrogen-bond donors (Lipinski definition) is 2. The maximum atomic E-state index is 11.7. The van der Waals surface area contributed by atoms with Crippen molar-refractivity contribution in [2.45, 2.75) is 39.2 Å². The number of carbonyl (C=O) groups is 1. The van der Waals surface area contributed by atoms with Crippen LogP contribution in [0.1, 0.15) is 32.3 Å². The third-order valence-corrected chi connectivity index (χ3v) is 4.57. The number of nitrogens with one attached hydrogen (secondary N) is 2. The summed E-state index contributed by atoms with van der Waals surface area (Å²) in [6.07, 6.45) is 2.82. The molecule has 0 spiro atoms. The van der Waals surface area contributed by atoms with Crippen LogP contribution in [-0.4, -0.2) is 18.6 Å². The zero-order chi connectivity index (χ0) is 14.4. The Balaban J connectivity index is 1.82. The Morgan fingerprint density at radius 1 is 1.25 bits per heavy atom. The second-order valence-electron chi connectivity index (χ2n) is 4.92. The van der Waals surface area contributed by atoms with Gasteiger partial charge in [-0.3, -0.25) is 0 Å². The van der Waals surface area contributed by atoms with E-state index in [-0.39, 0.29) is 12.1 Å². The minimum atomic E-state index is -0.0572. The predicted molar refractivity (Wildman–Crippen MR) is 86.4 cm³/mol. The molecule has 0 unspecified atom stereocenters. The molecule has 0 aliphatic rings. The largest absolute Gasteiger partial charge is 0.338 e. The number of rotatable bonds is 6. The van der Waals surface area contributed by atoms with Crippen LogP contribution in [0.2, 0.25) is 0 Å². The van der Waals surface area contributed by atoms with Gasteiger partial charge in [-0.1, -0.05) is 32.0 Å². The molecule has 2 aromatic rings. The number of amides is 2. The Bertz CT molecular complexity index is 560. The van der Waals surface area contributed by atoms with Gasteiger partial charge in [-0.05, 0) is 41.7 Å². The van der Waals surface area contributed by atoms with E-state index in [0.29, 0.717) is 6.54 Å². The Morgan fingerprint density at radius 3 is 2.75 bits per heavy atom. The van der Waals surface area contributed by atoms with E-state index in [9.17, 15) is 4.79 Å². The van der Waals surface area contributed by atoms with Crippen LogP contribution in [0.15, 0.2) is 29.6 Å². The Kier molecular flexibility index (Phi) is 5.41. The summed E-state index contributed by atoms with van der Waals surface area (Å²) in [7, 11) is 0. The van der Waals surface area contributed by atoms with Crippen molar-refractivity contribution in [2.24, 2.45) is 0 Å². The molecule has 2 amide bonds. The van der Waals surface area contributed by atoms with Gasteiger partial charge in [-0.25, -0.2) is 4.79 Å². The van der Waals surface area contributed by atoms with Crippen LogP contribution in [0, 0.1) is 0 Å². The molecular formula is C16H22N2OS. The number of hydrogen-bond acceptors (Lipinski definition) is 2. The normalized spacial score (nSPS) is 10.9. The van der Waals surface area contributed by atoms with Crippen molar-refractivity contribution in [3.05, 3.63) is 35.2 Å². The second kappa shape index (κ2) is 7.29. The van der Waals surface area contributed by atoms with Gasteiger partial charge >= 0.3 is 6.03 Å². The van der Waals surface area contributed by atoms with Gasteiger partial charge in [0.15, 0.2) is 0 Å². The number of fused-ring (bicyclic) bond motifs is 1. The molecule has 1 aromatic carbocycles. The number of carbonyl (C=O) groups excluding carboxylic acids is 1. The van der Waals surface area contributed by atoms with Gasteiger partial charge < -0.3 is 10.6 Å². The summed E-state index contributed by atoms with van der Waals surface area (Å²) >= 11 is 1.76. The first kappa shape index (κ1) is 14.9. The fourth-order valence-electron chi connectivity index (χ4n) is 2.27. The van der Waals surface area contributed by atoms with Crippen molar-refractivity contribution in [1.82, 2.24) is 10.6 Å². The summed E-state index contributed by atoms with van der Waals surface area (Å²) in [5.41, 5.74) is 1.31.